The minimum atomic E-state index is -0.277. The summed E-state index contributed by atoms with van der Waals surface area (Å²) in [5.41, 5.74) is 1.95. The summed E-state index contributed by atoms with van der Waals surface area (Å²) in [5.74, 6) is -0.277. The maximum atomic E-state index is 12.9. The average Bonchev–Trinajstić information content (AvgIpc) is 3.08. The number of allylic oxidation sites excluding steroid dienone is 1. The lowest BCUT2D eigenvalue weighted by atomic mass is 10.1. The van der Waals surface area contributed by atoms with Gasteiger partial charge in [-0.1, -0.05) is 6.08 Å². The molecule has 1 saturated carbocycles. The average molecular weight is 220 g/mol. The number of pyridine rings is 1. The molecule has 16 heavy (non-hydrogen) atoms. The van der Waals surface area contributed by atoms with Gasteiger partial charge in [-0.05, 0) is 49.9 Å². The van der Waals surface area contributed by atoms with Crippen molar-refractivity contribution in [3.63, 3.8) is 0 Å². The second-order valence-corrected chi connectivity index (χ2v) is 4.30. The molecule has 0 aromatic carbocycles. The monoisotopic (exact) mass is 220 g/mol. The van der Waals surface area contributed by atoms with Crippen LogP contribution in [0.25, 0.3) is 5.57 Å². The van der Waals surface area contributed by atoms with Gasteiger partial charge >= 0.3 is 0 Å². The molecule has 1 aliphatic rings. The van der Waals surface area contributed by atoms with E-state index in [9.17, 15) is 4.39 Å². The third-order valence-electron chi connectivity index (χ3n) is 2.77. The third-order valence-corrected chi connectivity index (χ3v) is 2.77. The first-order chi connectivity index (χ1) is 7.75. The van der Waals surface area contributed by atoms with Crippen molar-refractivity contribution >= 4 is 5.57 Å². The molecule has 2 rings (SSSR count). The van der Waals surface area contributed by atoms with Crippen molar-refractivity contribution in [3.8, 4) is 0 Å². The zero-order valence-corrected chi connectivity index (χ0v) is 9.54. The smallest absolute Gasteiger partial charge is 0.142 e. The van der Waals surface area contributed by atoms with Crippen LogP contribution in [0.1, 0.15) is 31.7 Å². The Kier molecular flexibility index (Phi) is 3.67. The highest BCUT2D eigenvalue weighted by Gasteiger charge is 2.19. The van der Waals surface area contributed by atoms with Crippen LogP contribution in [0.15, 0.2) is 24.5 Å². The van der Waals surface area contributed by atoms with E-state index < -0.39 is 0 Å². The van der Waals surface area contributed by atoms with E-state index in [2.05, 4.69) is 16.4 Å². The summed E-state index contributed by atoms with van der Waals surface area (Å²) >= 11 is 0. The molecule has 0 atom stereocenters. The molecule has 0 unspecified atom stereocenters. The van der Waals surface area contributed by atoms with Crippen molar-refractivity contribution in [3.05, 3.63) is 35.9 Å². The number of halogens is 1. The standard InChI is InChI=1S/C13H17FN2/c1-10(3-2-6-16-13-4-5-13)11-7-12(14)9-15-8-11/h3,7-9,13,16H,2,4-6H2,1H3. The Morgan fingerprint density at radius 2 is 2.38 bits per heavy atom. The summed E-state index contributed by atoms with van der Waals surface area (Å²) in [6.07, 6.45) is 8.67. The summed E-state index contributed by atoms with van der Waals surface area (Å²) in [6, 6.07) is 2.28. The van der Waals surface area contributed by atoms with Crippen molar-refractivity contribution < 1.29 is 4.39 Å². The minimum absolute atomic E-state index is 0.277. The molecule has 0 spiro atoms. The number of hydrogen-bond acceptors (Lipinski definition) is 2. The summed E-state index contributed by atoms with van der Waals surface area (Å²) < 4.78 is 12.9. The molecule has 1 aromatic rings. The fourth-order valence-electron chi connectivity index (χ4n) is 1.61. The second-order valence-electron chi connectivity index (χ2n) is 4.30. The van der Waals surface area contributed by atoms with Crippen LogP contribution in [-0.2, 0) is 0 Å². The Bertz CT molecular complexity index is 383. The molecular weight excluding hydrogens is 203 g/mol. The van der Waals surface area contributed by atoms with Crippen molar-refractivity contribution in [1.29, 1.82) is 0 Å². The van der Waals surface area contributed by atoms with Crippen LogP contribution in [0.5, 0.6) is 0 Å². The van der Waals surface area contributed by atoms with Gasteiger partial charge in [0.15, 0.2) is 0 Å². The zero-order valence-electron chi connectivity index (χ0n) is 9.54. The van der Waals surface area contributed by atoms with Crippen LogP contribution in [0, 0.1) is 5.82 Å². The Morgan fingerprint density at radius 3 is 3.06 bits per heavy atom. The third kappa shape index (κ3) is 3.42. The van der Waals surface area contributed by atoms with Gasteiger partial charge in [-0.3, -0.25) is 4.98 Å². The number of hydrogen-bond donors (Lipinski definition) is 1. The molecule has 0 saturated heterocycles. The number of aromatic nitrogens is 1. The van der Waals surface area contributed by atoms with E-state index in [-0.39, 0.29) is 5.82 Å². The topological polar surface area (TPSA) is 24.9 Å². The van der Waals surface area contributed by atoms with E-state index in [1.54, 1.807) is 6.20 Å². The lowest BCUT2D eigenvalue weighted by Crippen LogP contribution is -2.16. The van der Waals surface area contributed by atoms with Gasteiger partial charge in [-0.25, -0.2) is 4.39 Å². The molecule has 0 aliphatic heterocycles. The summed E-state index contributed by atoms with van der Waals surface area (Å²) in [5, 5.41) is 3.44. The molecule has 2 nitrogen and oxygen atoms in total. The lowest BCUT2D eigenvalue weighted by molar-refractivity contribution is 0.621. The van der Waals surface area contributed by atoms with Gasteiger partial charge in [0.25, 0.3) is 0 Å². The van der Waals surface area contributed by atoms with Gasteiger partial charge in [0.2, 0.25) is 0 Å². The van der Waals surface area contributed by atoms with E-state index in [1.165, 1.54) is 25.1 Å². The van der Waals surface area contributed by atoms with Gasteiger partial charge in [-0.15, -0.1) is 0 Å². The quantitative estimate of drug-likeness (QED) is 0.772. The predicted octanol–water partition coefficient (Wildman–Crippen LogP) is 2.77. The van der Waals surface area contributed by atoms with Crippen LogP contribution in [0.4, 0.5) is 4.39 Å². The summed E-state index contributed by atoms with van der Waals surface area (Å²) in [6.45, 7) is 3.00. The van der Waals surface area contributed by atoms with Gasteiger partial charge in [0, 0.05) is 12.2 Å². The zero-order chi connectivity index (χ0) is 11.4. The van der Waals surface area contributed by atoms with E-state index >= 15 is 0 Å². The maximum absolute atomic E-state index is 12.9. The molecule has 0 bridgehead atoms. The van der Waals surface area contributed by atoms with Gasteiger partial charge in [-0.2, -0.15) is 0 Å². The fraction of sp³-hybridized carbons (Fsp3) is 0.462. The Balaban J connectivity index is 1.84. The van der Waals surface area contributed by atoms with Gasteiger partial charge < -0.3 is 5.32 Å². The minimum Gasteiger partial charge on any atom is -0.314 e. The summed E-state index contributed by atoms with van der Waals surface area (Å²) in [4.78, 5) is 3.84. The molecule has 1 N–H and O–H groups in total. The Hall–Kier alpha value is -1.22. The number of nitrogens with one attached hydrogen (secondary N) is 1. The molecule has 1 aromatic heterocycles. The molecule has 3 heteroatoms. The highest BCUT2D eigenvalue weighted by Crippen LogP contribution is 2.18. The highest BCUT2D eigenvalue weighted by atomic mass is 19.1. The molecule has 1 heterocycles. The van der Waals surface area contributed by atoms with Gasteiger partial charge in [0.05, 0.1) is 6.20 Å². The van der Waals surface area contributed by atoms with Gasteiger partial charge in [0.1, 0.15) is 5.82 Å². The van der Waals surface area contributed by atoms with Crippen LogP contribution in [0.3, 0.4) is 0 Å². The lowest BCUT2D eigenvalue weighted by Gasteiger charge is -2.02. The Morgan fingerprint density at radius 1 is 1.56 bits per heavy atom. The number of rotatable bonds is 5. The van der Waals surface area contributed by atoms with E-state index in [0.29, 0.717) is 0 Å². The van der Waals surface area contributed by atoms with Crippen molar-refractivity contribution in [2.45, 2.75) is 32.2 Å². The molecular formula is C13H17FN2. The van der Waals surface area contributed by atoms with Crippen molar-refractivity contribution in [1.82, 2.24) is 10.3 Å². The van der Waals surface area contributed by atoms with Crippen LogP contribution >= 0.6 is 0 Å². The highest BCUT2D eigenvalue weighted by molar-refractivity contribution is 5.62. The molecule has 86 valence electrons. The first-order valence-corrected chi connectivity index (χ1v) is 5.77. The normalized spacial score (nSPS) is 16.5. The predicted molar refractivity (Wildman–Crippen MR) is 63.5 cm³/mol. The molecule has 1 fully saturated rings. The molecule has 0 amide bonds. The first kappa shape index (κ1) is 11.3. The fourth-order valence-corrected chi connectivity index (χ4v) is 1.61. The molecule has 1 aliphatic carbocycles. The molecule has 0 radical (unpaired) electrons. The second kappa shape index (κ2) is 5.21. The van der Waals surface area contributed by atoms with E-state index in [0.717, 1.165) is 30.1 Å². The largest absolute Gasteiger partial charge is 0.314 e. The van der Waals surface area contributed by atoms with E-state index in [1.807, 2.05) is 6.92 Å². The Labute approximate surface area is 95.6 Å². The first-order valence-electron chi connectivity index (χ1n) is 5.77. The summed E-state index contributed by atoms with van der Waals surface area (Å²) in [7, 11) is 0. The number of nitrogens with zero attached hydrogens (tertiary/aromatic N) is 1. The maximum Gasteiger partial charge on any atom is 0.142 e. The van der Waals surface area contributed by atoms with Crippen molar-refractivity contribution in [2.75, 3.05) is 6.54 Å². The van der Waals surface area contributed by atoms with Crippen molar-refractivity contribution in [2.24, 2.45) is 0 Å². The van der Waals surface area contributed by atoms with E-state index in [4.69, 9.17) is 0 Å². The van der Waals surface area contributed by atoms with Crippen LogP contribution in [-0.4, -0.2) is 17.6 Å². The SMILES string of the molecule is CC(=CCCNC1CC1)c1cncc(F)c1. The van der Waals surface area contributed by atoms with Crippen LogP contribution < -0.4 is 5.32 Å². The van der Waals surface area contributed by atoms with Crippen LogP contribution in [0.2, 0.25) is 0 Å².